The molecule has 40 heavy (non-hydrogen) atoms. The molecule has 0 aliphatic carbocycles. The van der Waals surface area contributed by atoms with Gasteiger partial charge in [0.1, 0.15) is 11.5 Å². The van der Waals surface area contributed by atoms with E-state index in [0.717, 1.165) is 99.3 Å². The monoisotopic (exact) mass is 598 g/mol. The lowest BCUT2D eigenvalue weighted by atomic mass is 9.97. The minimum Gasteiger partial charge on any atom is -0.404 e. The molecule has 0 fully saturated rings. The van der Waals surface area contributed by atoms with Gasteiger partial charge in [0.05, 0.1) is 13.2 Å². The molecule has 0 aliphatic heterocycles. The van der Waals surface area contributed by atoms with Gasteiger partial charge >= 0.3 is 15.6 Å². The Labute approximate surface area is 240 Å². The second-order valence-corrected chi connectivity index (χ2v) is 12.7. The molecule has 2 aromatic carbocycles. The van der Waals surface area contributed by atoms with Crippen LogP contribution in [0, 0.1) is 0 Å². The predicted octanol–water partition coefficient (Wildman–Crippen LogP) is 8.75. The normalized spacial score (nSPS) is 14.4. The second kappa shape index (κ2) is 18.0. The Bertz CT molecular complexity index is 1030. The van der Waals surface area contributed by atoms with Gasteiger partial charge in [-0.2, -0.15) is 0 Å². The van der Waals surface area contributed by atoms with Crippen LogP contribution in [-0.4, -0.2) is 23.0 Å². The SMILES string of the molecule is CCCCc1cccc(OP(=O)(O)OCCOP(=O)(O)Oc2cccc(CCCC)c2CCCC)c1CCCC. The van der Waals surface area contributed by atoms with Crippen molar-refractivity contribution in [2.45, 2.75) is 105 Å². The number of aryl methyl sites for hydroxylation is 2. The number of rotatable bonds is 21. The van der Waals surface area contributed by atoms with Crippen molar-refractivity contribution >= 4 is 15.6 Å². The Morgan fingerprint density at radius 3 is 1.27 bits per heavy atom. The maximum absolute atomic E-state index is 12.7. The maximum atomic E-state index is 12.7. The summed E-state index contributed by atoms with van der Waals surface area (Å²) in [4.78, 5) is 20.7. The average molecular weight is 599 g/mol. The van der Waals surface area contributed by atoms with E-state index in [1.165, 1.54) is 0 Å². The summed E-state index contributed by atoms with van der Waals surface area (Å²) in [5, 5.41) is 0. The summed E-state index contributed by atoms with van der Waals surface area (Å²) < 4.78 is 46.5. The van der Waals surface area contributed by atoms with Crippen molar-refractivity contribution in [2.24, 2.45) is 0 Å². The van der Waals surface area contributed by atoms with Gasteiger partial charge in [-0.1, -0.05) is 77.6 Å². The third kappa shape index (κ3) is 12.1. The second-order valence-electron chi connectivity index (χ2n) is 9.99. The van der Waals surface area contributed by atoms with Gasteiger partial charge in [0.15, 0.2) is 0 Å². The zero-order chi connectivity index (χ0) is 29.4. The lowest BCUT2D eigenvalue weighted by molar-refractivity contribution is 0.139. The van der Waals surface area contributed by atoms with Gasteiger partial charge in [-0.15, -0.1) is 0 Å². The zero-order valence-corrected chi connectivity index (χ0v) is 26.4. The lowest BCUT2D eigenvalue weighted by Crippen LogP contribution is -2.08. The summed E-state index contributed by atoms with van der Waals surface area (Å²) in [6, 6.07) is 11.0. The van der Waals surface area contributed by atoms with Crippen LogP contribution in [0.1, 0.15) is 101 Å². The molecule has 0 bridgehead atoms. The summed E-state index contributed by atoms with van der Waals surface area (Å²) >= 11 is 0. The summed E-state index contributed by atoms with van der Waals surface area (Å²) in [6.07, 6.45) is 11.1. The highest BCUT2D eigenvalue weighted by Gasteiger charge is 2.28. The van der Waals surface area contributed by atoms with Crippen molar-refractivity contribution in [1.29, 1.82) is 0 Å². The highest BCUT2D eigenvalue weighted by Crippen LogP contribution is 2.48. The Hall–Kier alpha value is -1.66. The molecular formula is C30H48O8P2. The van der Waals surface area contributed by atoms with E-state index in [1.54, 1.807) is 12.1 Å². The van der Waals surface area contributed by atoms with Crippen molar-refractivity contribution in [3.05, 3.63) is 58.7 Å². The molecule has 8 nitrogen and oxygen atoms in total. The van der Waals surface area contributed by atoms with Crippen molar-refractivity contribution in [3.8, 4) is 11.5 Å². The van der Waals surface area contributed by atoms with Crippen LogP contribution in [0.2, 0.25) is 0 Å². The van der Waals surface area contributed by atoms with Crippen molar-refractivity contribution < 1.29 is 37.0 Å². The first-order valence-corrected chi connectivity index (χ1v) is 17.7. The fraction of sp³-hybridized carbons (Fsp3) is 0.600. The molecule has 2 unspecified atom stereocenters. The van der Waals surface area contributed by atoms with Crippen molar-refractivity contribution in [1.82, 2.24) is 0 Å². The summed E-state index contributed by atoms with van der Waals surface area (Å²) in [6.45, 7) is 7.57. The first-order valence-electron chi connectivity index (χ1n) is 14.7. The molecule has 2 N–H and O–H groups in total. The average Bonchev–Trinajstić information content (AvgIpc) is 2.91. The van der Waals surface area contributed by atoms with Gasteiger partial charge in [0.25, 0.3) is 0 Å². The van der Waals surface area contributed by atoms with E-state index in [1.807, 2.05) is 24.3 Å². The molecule has 0 spiro atoms. The predicted molar refractivity (Wildman–Crippen MR) is 160 cm³/mol. The fourth-order valence-corrected chi connectivity index (χ4v) is 6.03. The number of benzene rings is 2. The first kappa shape index (κ1) is 34.5. The molecule has 2 atom stereocenters. The van der Waals surface area contributed by atoms with Crippen molar-refractivity contribution in [3.63, 3.8) is 0 Å². The van der Waals surface area contributed by atoms with Crippen LogP contribution in [0.4, 0.5) is 0 Å². The maximum Gasteiger partial charge on any atom is 0.527 e. The largest absolute Gasteiger partial charge is 0.527 e. The highest BCUT2D eigenvalue weighted by molar-refractivity contribution is 7.48. The highest BCUT2D eigenvalue weighted by atomic mass is 31.2. The number of unbranched alkanes of at least 4 members (excludes halogenated alkanes) is 4. The molecule has 10 heteroatoms. The van der Waals surface area contributed by atoms with Crippen LogP contribution in [0.15, 0.2) is 36.4 Å². The Kier molecular flexibility index (Phi) is 15.5. The third-order valence-electron chi connectivity index (χ3n) is 6.64. The van der Waals surface area contributed by atoms with Crippen LogP contribution in [0.25, 0.3) is 0 Å². The standard InChI is InChI=1S/C30H48O8P2/c1-5-9-15-25-17-13-21-29(27(25)19-11-7-3)37-39(31,32)35-23-24-36-40(33,34)38-30-22-14-18-26(16-10-6-2)28(30)20-12-8-4/h13-14,17-18,21-22H,5-12,15-16,19-20,23-24H2,1-4H3,(H,31,32)(H,33,34). The minimum absolute atomic E-state index is 0.326. The van der Waals surface area contributed by atoms with Crippen LogP contribution in [0.3, 0.4) is 0 Å². The molecule has 2 rings (SSSR count). The summed E-state index contributed by atoms with van der Waals surface area (Å²) in [5.74, 6) is 0.653. The quantitative estimate of drug-likeness (QED) is 0.108. The smallest absolute Gasteiger partial charge is 0.404 e. The van der Waals surface area contributed by atoms with E-state index >= 15 is 0 Å². The van der Waals surface area contributed by atoms with Crippen LogP contribution >= 0.6 is 15.6 Å². The van der Waals surface area contributed by atoms with E-state index in [0.29, 0.717) is 11.5 Å². The summed E-state index contributed by atoms with van der Waals surface area (Å²) in [7, 11) is -9.00. The topological polar surface area (TPSA) is 112 Å². The molecule has 0 radical (unpaired) electrons. The molecule has 0 amide bonds. The number of hydrogen-bond donors (Lipinski definition) is 2. The van der Waals surface area contributed by atoms with Gasteiger partial charge in [0, 0.05) is 0 Å². The first-order chi connectivity index (χ1) is 19.2. The molecule has 0 heterocycles. The van der Waals surface area contributed by atoms with Gasteiger partial charge in [-0.05, 0) is 85.8 Å². The Morgan fingerprint density at radius 2 is 0.925 bits per heavy atom. The number of hydrogen-bond acceptors (Lipinski definition) is 6. The molecule has 2 aromatic rings. The number of phosphoric acid groups is 2. The minimum atomic E-state index is -4.50. The molecule has 0 saturated carbocycles. The molecule has 226 valence electrons. The summed E-state index contributed by atoms with van der Waals surface area (Å²) in [5.41, 5.74) is 4.04. The molecule has 0 aliphatic rings. The van der Waals surface area contributed by atoms with E-state index < -0.39 is 28.9 Å². The lowest BCUT2D eigenvalue weighted by Gasteiger charge is -2.19. The van der Waals surface area contributed by atoms with Crippen LogP contribution in [-0.2, 0) is 43.9 Å². The van der Waals surface area contributed by atoms with Crippen LogP contribution < -0.4 is 9.05 Å². The van der Waals surface area contributed by atoms with Crippen molar-refractivity contribution in [2.75, 3.05) is 13.2 Å². The van der Waals surface area contributed by atoms with E-state index in [9.17, 15) is 18.9 Å². The number of phosphoric ester groups is 2. The van der Waals surface area contributed by atoms with Gasteiger partial charge in [-0.25, -0.2) is 9.13 Å². The van der Waals surface area contributed by atoms with Gasteiger partial charge in [-0.3, -0.25) is 18.8 Å². The van der Waals surface area contributed by atoms with E-state index in [2.05, 4.69) is 27.7 Å². The molecule has 0 saturated heterocycles. The van der Waals surface area contributed by atoms with E-state index in [-0.39, 0.29) is 0 Å². The van der Waals surface area contributed by atoms with Gasteiger partial charge < -0.3 is 9.05 Å². The molecular weight excluding hydrogens is 550 g/mol. The third-order valence-corrected chi connectivity index (χ3v) is 8.51. The zero-order valence-electron chi connectivity index (χ0n) is 24.6. The molecule has 0 aromatic heterocycles. The Balaban J connectivity index is 2.01. The van der Waals surface area contributed by atoms with Gasteiger partial charge in [0.2, 0.25) is 0 Å². The Morgan fingerprint density at radius 1 is 0.575 bits per heavy atom. The van der Waals surface area contributed by atoms with E-state index in [4.69, 9.17) is 18.1 Å². The van der Waals surface area contributed by atoms with Crippen LogP contribution in [0.5, 0.6) is 11.5 Å². The fourth-order valence-electron chi connectivity index (χ4n) is 4.48.